The highest BCUT2D eigenvalue weighted by atomic mass is 32.2. The summed E-state index contributed by atoms with van der Waals surface area (Å²) in [4.78, 5) is 6.80. The van der Waals surface area contributed by atoms with Crippen molar-refractivity contribution < 1.29 is 13.2 Å². The lowest BCUT2D eigenvalue weighted by Gasteiger charge is -2.32. The molecule has 0 N–H and O–H groups in total. The third-order valence-electron chi connectivity index (χ3n) is 4.07. The highest BCUT2D eigenvalue weighted by molar-refractivity contribution is 7.89. The monoisotopic (exact) mass is 323 g/mol. The van der Waals surface area contributed by atoms with Crippen LogP contribution in [0.15, 0.2) is 34.2 Å². The normalized spacial score (nSPS) is 19.2. The summed E-state index contributed by atoms with van der Waals surface area (Å²) in [6, 6.07) is 6.50. The fourth-order valence-electron chi connectivity index (χ4n) is 2.87. The van der Waals surface area contributed by atoms with E-state index in [0.717, 1.165) is 25.9 Å². The molecule has 0 unspecified atom stereocenters. The van der Waals surface area contributed by atoms with Gasteiger partial charge in [0.25, 0.3) is 10.0 Å². The van der Waals surface area contributed by atoms with E-state index in [1.165, 1.54) is 10.7 Å². The summed E-state index contributed by atoms with van der Waals surface area (Å²) < 4.78 is 32.3. The summed E-state index contributed by atoms with van der Waals surface area (Å²) >= 11 is 0. The zero-order chi connectivity index (χ0) is 15.6. The second kappa shape index (κ2) is 6.16. The number of rotatable bonds is 3. The van der Waals surface area contributed by atoms with E-state index >= 15 is 0 Å². The first-order chi connectivity index (χ1) is 10.6. The standard InChI is InChI=1S/C15H21N3O3S/c1-21-13-5-7-14(8-6-13)22(19,20)18-12-9-16-15(18)17-10-3-2-4-11-17/h5-8H,2-4,9-12H2,1H3. The van der Waals surface area contributed by atoms with Gasteiger partial charge in [-0.3, -0.25) is 4.99 Å². The summed E-state index contributed by atoms with van der Waals surface area (Å²) in [5.74, 6) is 1.25. The smallest absolute Gasteiger partial charge is 0.266 e. The number of benzene rings is 1. The third-order valence-corrected chi connectivity index (χ3v) is 5.86. The van der Waals surface area contributed by atoms with Crippen molar-refractivity contribution in [2.24, 2.45) is 4.99 Å². The van der Waals surface area contributed by atoms with Crippen LogP contribution in [-0.4, -0.2) is 56.9 Å². The number of ether oxygens (including phenoxy) is 1. The number of nitrogens with zero attached hydrogens (tertiary/aromatic N) is 3. The predicted molar refractivity (Wildman–Crippen MR) is 84.6 cm³/mol. The summed E-state index contributed by atoms with van der Waals surface area (Å²) in [5.41, 5.74) is 0. The maximum absolute atomic E-state index is 12.9. The highest BCUT2D eigenvalue weighted by Gasteiger charge is 2.34. The van der Waals surface area contributed by atoms with Crippen LogP contribution in [0.5, 0.6) is 5.75 Å². The molecule has 2 aliphatic rings. The number of likely N-dealkylation sites (tertiary alicyclic amines) is 1. The molecule has 0 aromatic heterocycles. The number of guanidine groups is 1. The van der Waals surface area contributed by atoms with Crippen molar-refractivity contribution in [3.8, 4) is 5.75 Å². The minimum Gasteiger partial charge on any atom is -0.497 e. The quantitative estimate of drug-likeness (QED) is 0.846. The molecule has 1 aromatic rings. The van der Waals surface area contributed by atoms with Crippen molar-refractivity contribution >= 4 is 16.0 Å². The van der Waals surface area contributed by atoms with Crippen molar-refractivity contribution in [2.75, 3.05) is 33.3 Å². The molecular weight excluding hydrogens is 302 g/mol. The number of methoxy groups -OCH3 is 1. The molecule has 0 bridgehead atoms. The molecule has 6 nitrogen and oxygen atoms in total. The van der Waals surface area contributed by atoms with Gasteiger partial charge in [0, 0.05) is 13.1 Å². The molecule has 0 spiro atoms. The van der Waals surface area contributed by atoms with Gasteiger partial charge in [-0.2, -0.15) is 0 Å². The van der Waals surface area contributed by atoms with Gasteiger partial charge in [-0.1, -0.05) is 0 Å². The van der Waals surface area contributed by atoms with E-state index < -0.39 is 10.0 Å². The van der Waals surface area contributed by atoms with Crippen LogP contribution in [0.2, 0.25) is 0 Å². The Morgan fingerprint density at radius 1 is 1.05 bits per heavy atom. The summed E-state index contributed by atoms with van der Waals surface area (Å²) in [6.07, 6.45) is 3.39. The van der Waals surface area contributed by atoms with Crippen molar-refractivity contribution in [1.29, 1.82) is 0 Å². The van der Waals surface area contributed by atoms with E-state index in [1.54, 1.807) is 31.4 Å². The molecule has 7 heteroatoms. The fourth-order valence-corrected chi connectivity index (χ4v) is 4.32. The van der Waals surface area contributed by atoms with Crippen molar-refractivity contribution in [3.05, 3.63) is 24.3 Å². The van der Waals surface area contributed by atoms with Crippen molar-refractivity contribution in [3.63, 3.8) is 0 Å². The average Bonchev–Trinajstić information content (AvgIpc) is 3.06. The Morgan fingerprint density at radius 3 is 2.36 bits per heavy atom. The van der Waals surface area contributed by atoms with Gasteiger partial charge in [0.2, 0.25) is 5.96 Å². The van der Waals surface area contributed by atoms with Gasteiger partial charge < -0.3 is 9.64 Å². The SMILES string of the molecule is COc1ccc(S(=O)(=O)N2CCN=C2N2CCCCC2)cc1. The van der Waals surface area contributed by atoms with E-state index in [1.807, 2.05) is 0 Å². The maximum Gasteiger partial charge on any atom is 0.266 e. The van der Waals surface area contributed by atoms with Crippen LogP contribution >= 0.6 is 0 Å². The van der Waals surface area contributed by atoms with Gasteiger partial charge in [-0.25, -0.2) is 12.7 Å². The largest absolute Gasteiger partial charge is 0.497 e. The van der Waals surface area contributed by atoms with Crippen LogP contribution in [0.1, 0.15) is 19.3 Å². The molecular formula is C15H21N3O3S. The van der Waals surface area contributed by atoms with Gasteiger partial charge >= 0.3 is 0 Å². The Balaban J connectivity index is 1.85. The van der Waals surface area contributed by atoms with E-state index in [0.29, 0.717) is 24.8 Å². The summed E-state index contributed by atoms with van der Waals surface area (Å²) in [5, 5.41) is 0. The lowest BCUT2D eigenvalue weighted by atomic mass is 10.1. The van der Waals surface area contributed by atoms with Crippen LogP contribution in [0.25, 0.3) is 0 Å². The molecule has 1 fully saturated rings. The van der Waals surface area contributed by atoms with Crippen LogP contribution in [0.3, 0.4) is 0 Å². The molecule has 0 aliphatic carbocycles. The van der Waals surface area contributed by atoms with Crippen molar-refractivity contribution in [2.45, 2.75) is 24.2 Å². The average molecular weight is 323 g/mol. The van der Waals surface area contributed by atoms with E-state index in [-0.39, 0.29) is 4.90 Å². The number of piperidine rings is 1. The minimum absolute atomic E-state index is 0.278. The van der Waals surface area contributed by atoms with Crippen LogP contribution < -0.4 is 4.74 Å². The lowest BCUT2D eigenvalue weighted by Crippen LogP contribution is -2.46. The molecule has 1 saturated heterocycles. The first-order valence-electron chi connectivity index (χ1n) is 7.59. The van der Waals surface area contributed by atoms with E-state index in [4.69, 9.17) is 4.74 Å². The molecule has 0 radical (unpaired) electrons. The molecule has 1 aromatic carbocycles. The Hall–Kier alpha value is -1.76. The van der Waals surface area contributed by atoms with Crippen molar-refractivity contribution in [1.82, 2.24) is 9.21 Å². The lowest BCUT2D eigenvalue weighted by molar-refractivity contribution is 0.321. The molecule has 3 rings (SSSR count). The molecule has 120 valence electrons. The molecule has 0 amide bonds. The first-order valence-corrected chi connectivity index (χ1v) is 9.03. The van der Waals surface area contributed by atoms with Gasteiger partial charge in [-0.05, 0) is 43.5 Å². The van der Waals surface area contributed by atoms with Crippen LogP contribution in [0, 0.1) is 0 Å². The summed E-state index contributed by atoms with van der Waals surface area (Å²) in [7, 11) is -2.00. The Bertz CT molecular complexity index is 649. The van der Waals surface area contributed by atoms with E-state index in [9.17, 15) is 8.42 Å². The van der Waals surface area contributed by atoms with Gasteiger partial charge in [-0.15, -0.1) is 0 Å². The molecule has 22 heavy (non-hydrogen) atoms. The Kier molecular flexibility index (Phi) is 4.24. The second-order valence-electron chi connectivity index (χ2n) is 5.48. The highest BCUT2D eigenvalue weighted by Crippen LogP contribution is 2.23. The zero-order valence-electron chi connectivity index (χ0n) is 12.7. The van der Waals surface area contributed by atoms with Gasteiger partial charge in [0.1, 0.15) is 5.75 Å². The van der Waals surface area contributed by atoms with Gasteiger partial charge in [0.05, 0.1) is 25.1 Å². The number of hydrogen-bond acceptors (Lipinski definition) is 5. The maximum atomic E-state index is 12.9. The zero-order valence-corrected chi connectivity index (χ0v) is 13.6. The van der Waals surface area contributed by atoms with Gasteiger partial charge in [0.15, 0.2) is 0 Å². The number of sulfonamides is 1. The second-order valence-corrected chi connectivity index (χ2v) is 7.34. The van der Waals surface area contributed by atoms with Crippen LogP contribution in [-0.2, 0) is 10.0 Å². The molecule has 0 atom stereocenters. The molecule has 2 aliphatic heterocycles. The molecule has 0 saturated carbocycles. The topological polar surface area (TPSA) is 62.2 Å². The third kappa shape index (κ3) is 2.77. The number of hydrogen-bond donors (Lipinski definition) is 0. The fraction of sp³-hybridized carbons (Fsp3) is 0.533. The van der Waals surface area contributed by atoms with E-state index in [2.05, 4.69) is 9.89 Å². The first kappa shape index (κ1) is 15.1. The Morgan fingerprint density at radius 2 is 1.73 bits per heavy atom. The minimum atomic E-state index is -3.56. The number of aliphatic imine (C=N–C) groups is 1. The molecule has 2 heterocycles. The van der Waals surface area contributed by atoms with Crippen LogP contribution in [0.4, 0.5) is 0 Å². The predicted octanol–water partition coefficient (Wildman–Crippen LogP) is 1.54. The Labute approximate surface area is 131 Å². The summed E-state index contributed by atoms with van der Waals surface area (Å²) in [6.45, 7) is 2.71.